The van der Waals surface area contributed by atoms with Crippen LogP contribution in [0.15, 0.2) is 16.9 Å². The van der Waals surface area contributed by atoms with Crippen LogP contribution in [-0.4, -0.2) is 16.1 Å². The van der Waals surface area contributed by atoms with E-state index in [1.54, 1.807) is 6.92 Å². The molecule has 2 aromatic rings. The van der Waals surface area contributed by atoms with Crippen molar-refractivity contribution in [1.29, 1.82) is 0 Å². The van der Waals surface area contributed by atoms with E-state index in [4.69, 9.17) is 5.11 Å². The van der Waals surface area contributed by atoms with Gasteiger partial charge in [0.15, 0.2) is 11.6 Å². The maximum Gasteiger partial charge on any atom is 0.341 e. The molecular weight excluding hydrogens is 244 g/mol. The van der Waals surface area contributed by atoms with E-state index in [1.165, 1.54) is 0 Å². The van der Waals surface area contributed by atoms with E-state index < -0.39 is 28.6 Å². The van der Waals surface area contributed by atoms with Gasteiger partial charge in [-0.1, -0.05) is 6.92 Å². The number of benzene rings is 1. The molecule has 0 bridgehead atoms. The summed E-state index contributed by atoms with van der Waals surface area (Å²) in [5.74, 6) is -3.67. The maximum absolute atomic E-state index is 13.5. The Morgan fingerprint density at radius 1 is 1.39 bits per heavy atom. The zero-order valence-corrected chi connectivity index (χ0v) is 9.38. The van der Waals surface area contributed by atoms with E-state index in [0.717, 1.165) is 12.1 Å². The van der Waals surface area contributed by atoms with Crippen LogP contribution in [0.3, 0.4) is 0 Å². The smallest absolute Gasteiger partial charge is 0.341 e. The third-order valence-corrected chi connectivity index (χ3v) is 2.71. The lowest BCUT2D eigenvalue weighted by Crippen LogP contribution is -2.20. The fraction of sp³-hybridized carbons (Fsp3) is 0.167. The summed E-state index contributed by atoms with van der Waals surface area (Å²) in [7, 11) is 0. The molecule has 0 aliphatic carbocycles. The van der Waals surface area contributed by atoms with Crippen LogP contribution in [0.4, 0.5) is 8.78 Å². The van der Waals surface area contributed by atoms with Crippen LogP contribution in [-0.2, 0) is 6.42 Å². The minimum Gasteiger partial charge on any atom is -0.477 e. The lowest BCUT2D eigenvalue weighted by Gasteiger charge is -2.07. The number of carbonyl (C=O) groups is 1. The summed E-state index contributed by atoms with van der Waals surface area (Å²) in [6.45, 7) is 1.61. The highest BCUT2D eigenvalue weighted by Gasteiger charge is 2.19. The molecule has 18 heavy (non-hydrogen) atoms. The number of aromatic nitrogens is 1. The summed E-state index contributed by atoms with van der Waals surface area (Å²) in [4.78, 5) is 25.4. The lowest BCUT2D eigenvalue weighted by atomic mass is 10.1. The minimum absolute atomic E-state index is 0.0736. The molecule has 0 amide bonds. The van der Waals surface area contributed by atoms with Crippen LogP contribution in [0.1, 0.15) is 23.0 Å². The number of hydrogen-bond donors (Lipinski definition) is 2. The number of aryl methyl sites for hydroxylation is 1. The van der Waals surface area contributed by atoms with Crippen LogP contribution in [0.5, 0.6) is 0 Å². The van der Waals surface area contributed by atoms with Gasteiger partial charge in [0.2, 0.25) is 5.43 Å². The number of aromatic amines is 1. The molecule has 0 unspecified atom stereocenters. The number of carboxylic acids is 1. The standard InChI is InChI=1S/C12H9F2NO3/c1-2-7-8(12(17)18)11(16)5-3-4-6(13)9(14)10(5)15-7/h3-4H,2H2,1H3,(H,15,16)(H,17,18). The SMILES string of the molecule is CCc1[nH]c2c(F)c(F)ccc2c(=O)c1C(=O)O. The van der Waals surface area contributed by atoms with Crippen molar-refractivity contribution in [3.63, 3.8) is 0 Å². The van der Waals surface area contributed by atoms with Gasteiger partial charge in [-0.05, 0) is 18.6 Å². The summed E-state index contributed by atoms with van der Waals surface area (Å²) in [5, 5.41) is 8.80. The average molecular weight is 253 g/mol. The molecule has 4 nitrogen and oxygen atoms in total. The molecule has 0 radical (unpaired) electrons. The Labute approximate surface area is 99.9 Å². The van der Waals surface area contributed by atoms with E-state index in [0.29, 0.717) is 0 Å². The highest BCUT2D eigenvalue weighted by molar-refractivity contribution is 5.94. The van der Waals surface area contributed by atoms with Crippen molar-refractivity contribution in [2.24, 2.45) is 0 Å². The predicted octanol–water partition coefficient (Wildman–Crippen LogP) is 2.07. The minimum atomic E-state index is -1.39. The van der Waals surface area contributed by atoms with Crippen molar-refractivity contribution in [1.82, 2.24) is 4.98 Å². The molecule has 0 saturated heterocycles. The zero-order valence-electron chi connectivity index (χ0n) is 9.38. The van der Waals surface area contributed by atoms with Crippen molar-refractivity contribution in [3.8, 4) is 0 Å². The van der Waals surface area contributed by atoms with E-state index in [2.05, 4.69) is 4.98 Å². The molecule has 94 valence electrons. The van der Waals surface area contributed by atoms with Crippen LogP contribution in [0.25, 0.3) is 10.9 Å². The third kappa shape index (κ3) is 1.66. The van der Waals surface area contributed by atoms with Crippen molar-refractivity contribution < 1.29 is 18.7 Å². The summed E-state index contributed by atoms with van der Waals surface area (Å²) in [6.07, 6.45) is 0.197. The Kier molecular flexibility index (Phi) is 2.86. The number of nitrogens with one attached hydrogen (secondary N) is 1. The Hall–Kier alpha value is -2.24. The Morgan fingerprint density at radius 2 is 2.06 bits per heavy atom. The molecule has 1 heterocycles. The van der Waals surface area contributed by atoms with Gasteiger partial charge in [-0.2, -0.15) is 0 Å². The van der Waals surface area contributed by atoms with Gasteiger partial charge in [-0.3, -0.25) is 4.79 Å². The van der Waals surface area contributed by atoms with Crippen LogP contribution < -0.4 is 5.43 Å². The van der Waals surface area contributed by atoms with Gasteiger partial charge >= 0.3 is 5.97 Å². The first-order chi connectivity index (χ1) is 8.47. The van der Waals surface area contributed by atoms with Crippen LogP contribution in [0, 0.1) is 11.6 Å². The molecule has 0 aliphatic rings. The molecule has 1 aromatic heterocycles. The summed E-state index contributed by atoms with van der Waals surface area (Å²) >= 11 is 0. The number of H-pyrrole nitrogens is 1. The monoisotopic (exact) mass is 253 g/mol. The normalized spacial score (nSPS) is 10.8. The molecule has 2 N–H and O–H groups in total. The highest BCUT2D eigenvalue weighted by atomic mass is 19.2. The molecule has 0 spiro atoms. The fourth-order valence-corrected chi connectivity index (χ4v) is 1.84. The van der Waals surface area contributed by atoms with Gasteiger partial charge < -0.3 is 10.1 Å². The van der Waals surface area contributed by atoms with Gasteiger partial charge in [0, 0.05) is 11.1 Å². The van der Waals surface area contributed by atoms with Gasteiger partial charge in [0.05, 0.1) is 5.52 Å². The number of halogens is 2. The van der Waals surface area contributed by atoms with Crippen LogP contribution >= 0.6 is 0 Å². The predicted molar refractivity (Wildman–Crippen MR) is 60.8 cm³/mol. The van der Waals surface area contributed by atoms with Gasteiger partial charge in [0.25, 0.3) is 0 Å². The van der Waals surface area contributed by atoms with E-state index in [1.807, 2.05) is 0 Å². The first-order valence-corrected chi connectivity index (χ1v) is 5.23. The van der Waals surface area contributed by atoms with Crippen molar-refractivity contribution in [2.75, 3.05) is 0 Å². The molecule has 0 aliphatic heterocycles. The topological polar surface area (TPSA) is 70.2 Å². The Morgan fingerprint density at radius 3 is 2.61 bits per heavy atom. The molecule has 0 saturated carbocycles. The summed E-state index contributed by atoms with van der Waals surface area (Å²) in [5.41, 5.74) is -1.48. The number of fused-ring (bicyclic) bond motifs is 1. The number of aromatic carboxylic acids is 1. The first-order valence-electron chi connectivity index (χ1n) is 5.23. The van der Waals surface area contributed by atoms with Gasteiger partial charge in [0.1, 0.15) is 5.56 Å². The first kappa shape index (κ1) is 12.2. The third-order valence-electron chi connectivity index (χ3n) is 2.71. The lowest BCUT2D eigenvalue weighted by molar-refractivity contribution is 0.0694. The summed E-state index contributed by atoms with van der Waals surface area (Å²) in [6, 6.07) is 1.86. The second kappa shape index (κ2) is 4.21. The average Bonchev–Trinajstić information content (AvgIpc) is 2.33. The summed E-state index contributed by atoms with van der Waals surface area (Å²) < 4.78 is 26.6. The zero-order chi connectivity index (χ0) is 13.4. The molecule has 0 fully saturated rings. The highest BCUT2D eigenvalue weighted by Crippen LogP contribution is 2.18. The van der Waals surface area contributed by atoms with Crippen molar-refractivity contribution in [2.45, 2.75) is 13.3 Å². The quantitative estimate of drug-likeness (QED) is 0.860. The molecule has 6 heteroatoms. The van der Waals surface area contributed by atoms with Gasteiger partial charge in [-0.15, -0.1) is 0 Å². The van der Waals surface area contributed by atoms with E-state index >= 15 is 0 Å². The molecule has 1 aromatic carbocycles. The van der Waals surface area contributed by atoms with Gasteiger partial charge in [-0.25, -0.2) is 13.6 Å². The largest absolute Gasteiger partial charge is 0.477 e. The molecule has 0 atom stereocenters. The second-order valence-electron chi connectivity index (χ2n) is 3.75. The Balaban J connectivity index is 3.00. The van der Waals surface area contributed by atoms with E-state index in [9.17, 15) is 18.4 Å². The Bertz CT molecular complexity index is 707. The number of pyridine rings is 1. The van der Waals surface area contributed by atoms with E-state index in [-0.39, 0.29) is 23.0 Å². The molecule has 2 rings (SSSR count). The van der Waals surface area contributed by atoms with Crippen molar-refractivity contribution in [3.05, 3.63) is 45.2 Å². The second-order valence-corrected chi connectivity index (χ2v) is 3.75. The fourth-order valence-electron chi connectivity index (χ4n) is 1.84. The number of rotatable bonds is 2. The molecular formula is C12H9F2NO3. The van der Waals surface area contributed by atoms with Crippen LogP contribution in [0.2, 0.25) is 0 Å². The number of hydrogen-bond acceptors (Lipinski definition) is 2. The van der Waals surface area contributed by atoms with Crippen molar-refractivity contribution >= 4 is 16.9 Å². The number of carboxylic acid groups (broad SMARTS) is 1. The maximum atomic E-state index is 13.5.